The molecule has 0 bridgehead atoms. The summed E-state index contributed by atoms with van der Waals surface area (Å²) in [5.74, 6) is 1.10. The van der Waals surface area contributed by atoms with Gasteiger partial charge in [0.1, 0.15) is 6.10 Å². The number of hydrogen-bond donors (Lipinski definition) is 2. The van der Waals surface area contributed by atoms with E-state index in [4.69, 9.17) is 19.3 Å². The summed E-state index contributed by atoms with van der Waals surface area (Å²) in [7, 11) is -4.60. The molecule has 0 radical (unpaired) electrons. The maximum atomic E-state index is 12.3. The summed E-state index contributed by atoms with van der Waals surface area (Å²) in [6.07, 6.45) is 24.6. The maximum absolute atomic E-state index is 12.3. The summed E-state index contributed by atoms with van der Waals surface area (Å²) in [6, 6.07) is 0. The van der Waals surface area contributed by atoms with E-state index in [1.54, 1.807) is 11.8 Å². The molecule has 0 aliphatic rings. The van der Waals surface area contributed by atoms with Gasteiger partial charge in [0.15, 0.2) is 0 Å². The number of unbranched alkanes of at least 4 members (excludes halogenated alkanes) is 19. The van der Waals surface area contributed by atoms with Crippen molar-refractivity contribution >= 4 is 32.0 Å². The van der Waals surface area contributed by atoms with E-state index >= 15 is 0 Å². The lowest BCUT2D eigenvalue weighted by molar-refractivity contribution is -0.149. The molecule has 0 rings (SSSR count). The van der Waals surface area contributed by atoms with Gasteiger partial charge in [0, 0.05) is 12.2 Å². The Bertz CT molecular complexity index is 617. The second-order valence-electron chi connectivity index (χ2n) is 10.8. The van der Waals surface area contributed by atoms with Gasteiger partial charge in [0.05, 0.1) is 13.2 Å². The van der Waals surface area contributed by atoms with Crippen molar-refractivity contribution in [3.05, 3.63) is 0 Å². The number of hydrogen-bond acceptors (Lipinski definition) is 7. The molecule has 238 valence electrons. The number of esters is 1. The van der Waals surface area contributed by atoms with Gasteiger partial charge in [0.2, 0.25) is 0 Å². The summed E-state index contributed by atoms with van der Waals surface area (Å²) < 4.78 is 25.9. The summed E-state index contributed by atoms with van der Waals surface area (Å²) in [5.41, 5.74) is 0. The van der Waals surface area contributed by atoms with Gasteiger partial charge in [-0.25, -0.2) is 4.57 Å². The van der Waals surface area contributed by atoms with Crippen LogP contribution in [0.1, 0.15) is 148 Å². The Morgan fingerprint density at radius 1 is 0.750 bits per heavy atom. The Labute approximate surface area is 248 Å². The second kappa shape index (κ2) is 29.9. The zero-order valence-corrected chi connectivity index (χ0v) is 26.9. The molecule has 0 aliphatic heterocycles. The molecule has 0 spiro atoms. The number of phosphoric acid groups is 1. The average Bonchev–Trinajstić information content (AvgIpc) is 2.92. The molecule has 0 aromatic heterocycles. The Kier molecular flexibility index (Phi) is 29.4. The lowest BCUT2D eigenvalue weighted by Gasteiger charge is -2.18. The lowest BCUT2D eigenvalue weighted by Crippen LogP contribution is -2.25. The van der Waals surface area contributed by atoms with Gasteiger partial charge in [-0.05, 0) is 25.0 Å². The summed E-state index contributed by atoms with van der Waals surface area (Å²) in [5, 5.41) is 0. The third-order valence-electron chi connectivity index (χ3n) is 6.88. The van der Waals surface area contributed by atoms with Crippen LogP contribution >= 0.6 is 19.6 Å². The van der Waals surface area contributed by atoms with Gasteiger partial charge in [0.25, 0.3) is 6.47 Å². The SMILES string of the molecule is CCCCCCCCCCCC(=O)O[C@H](COP(=O)(O)O)CSCCCCCCCCCCCCCCOC=O. The number of carbonyl (C=O) groups excluding carboxylic acids is 2. The summed E-state index contributed by atoms with van der Waals surface area (Å²) in [4.78, 5) is 40.4. The van der Waals surface area contributed by atoms with Crippen LogP contribution in [0.3, 0.4) is 0 Å². The molecule has 0 saturated carbocycles. The Morgan fingerprint density at radius 3 is 1.73 bits per heavy atom. The molecule has 40 heavy (non-hydrogen) atoms. The van der Waals surface area contributed by atoms with Gasteiger partial charge in [-0.3, -0.25) is 14.1 Å². The molecule has 0 aromatic carbocycles. The van der Waals surface area contributed by atoms with Crippen molar-refractivity contribution in [2.24, 2.45) is 0 Å². The van der Waals surface area contributed by atoms with Crippen molar-refractivity contribution < 1.29 is 37.9 Å². The number of thioether (sulfide) groups is 1. The van der Waals surface area contributed by atoms with Crippen LogP contribution in [0.2, 0.25) is 0 Å². The fourth-order valence-corrected chi connectivity index (χ4v) is 5.90. The highest BCUT2D eigenvalue weighted by Gasteiger charge is 2.21. The molecule has 0 amide bonds. The molecule has 10 heteroatoms. The van der Waals surface area contributed by atoms with Crippen molar-refractivity contribution in [3.63, 3.8) is 0 Å². The Hall–Kier alpha value is -0.600. The minimum atomic E-state index is -4.60. The van der Waals surface area contributed by atoms with E-state index in [1.165, 1.54) is 89.9 Å². The van der Waals surface area contributed by atoms with Gasteiger partial charge >= 0.3 is 13.8 Å². The minimum absolute atomic E-state index is 0.282. The first-order valence-electron chi connectivity index (χ1n) is 15.9. The standard InChI is InChI=1S/C30H59O8PS/c1-2-3-4-5-6-11-14-17-20-23-30(32)38-29(26-37-39(33,34)35)27-40-25-22-19-16-13-10-8-7-9-12-15-18-21-24-36-28-31/h28-29H,2-27H2,1H3,(H2,33,34,35)/t29-/m1/s1. The van der Waals surface area contributed by atoms with Crippen molar-refractivity contribution in [3.8, 4) is 0 Å². The van der Waals surface area contributed by atoms with Gasteiger partial charge in [-0.15, -0.1) is 0 Å². The van der Waals surface area contributed by atoms with Crippen LogP contribution < -0.4 is 0 Å². The van der Waals surface area contributed by atoms with E-state index in [2.05, 4.69) is 11.4 Å². The first kappa shape index (κ1) is 39.4. The molecule has 8 nitrogen and oxygen atoms in total. The molecule has 0 fully saturated rings. The van der Waals surface area contributed by atoms with E-state index in [0.717, 1.165) is 50.7 Å². The number of carbonyl (C=O) groups is 2. The summed E-state index contributed by atoms with van der Waals surface area (Å²) >= 11 is 1.65. The molecule has 2 N–H and O–H groups in total. The minimum Gasteiger partial charge on any atom is -0.468 e. The first-order valence-corrected chi connectivity index (χ1v) is 18.6. The van der Waals surface area contributed by atoms with Crippen molar-refractivity contribution in [1.29, 1.82) is 0 Å². The third-order valence-corrected chi connectivity index (χ3v) is 8.55. The number of phosphoric ester groups is 1. The molecule has 0 unspecified atom stereocenters. The zero-order valence-electron chi connectivity index (χ0n) is 25.2. The van der Waals surface area contributed by atoms with Crippen LogP contribution in [0.25, 0.3) is 0 Å². The second-order valence-corrected chi connectivity index (χ2v) is 13.2. The lowest BCUT2D eigenvalue weighted by atomic mass is 10.1. The fourth-order valence-electron chi connectivity index (χ4n) is 4.54. The Balaban J connectivity index is 3.80. The predicted molar refractivity (Wildman–Crippen MR) is 164 cm³/mol. The van der Waals surface area contributed by atoms with E-state index in [-0.39, 0.29) is 12.6 Å². The van der Waals surface area contributed by atoms with E-state index < -0.39 is 13.9 Å². The van der Waals surface area contributed by atoms with Crippen LogP contribution in [0.5, 0.6) is 0 Å². The summed E-state index contributed by atoms with van der Waals surface area (Å²) in [6.45, 7) is 2.99. The van der Waals surface area contributed by atoms with Crippen LogP contribution in [0, 0.1) is 0 Å². The molecule has 1 atom stereocenters. The van der Waals surface area contributed by atoms with Crippen LogP contribution in [-0.4, -0.2) is 53.1 Å². The smallest absolute Gasteiger partial charge is 0.468 e. The van der Waals surface area contributed by atoms with Gasteiger partial charge in [-0.2, -0.15) is 11.8 Å². The Morgan fingerprint density at radius 2 is 1.23 bits per heavy atom. The molecular weight excluding hydrogens is 551 g/mol. The third kappa shape index (κ3) is 31.9. The van der Waals surface area contributed by atoms with Gasteiger partial charge < -0.3 is 19.3 Å². The van der Waals surface area contributed by atoms with E-state index in [0.29, 0.717) is 25.3 Å². The number of rotatable bonds is 32. The largest absolute Gasteiger partial charge is 0.469 e. The molecule has 0 aromatic rings. The maximum Gasteiger partial charge on any atom is 0.469 e. The fraction of sp³-hybridized carbons (Fsp3) is 0.933. The van der Waals surface area contributed by atoms with Crippen LogP contribution in [0.15, 0.2) is 0 Å². The van der Waals surface area contributed by atoms with Gasteiger partial charge in [-0.1, -0.05) is 122 Å². The van der Waals surface area contributed by atoms with Crippen LogP contribution in [-0.2, 0) is 28.2 Å². The monoisotopic (exact) mass is 610 g/mol. The molecular formula is C30H59O8PS. The normalized spacial score (nSPS) is 12.4. The molecule has 0 heterocycles. The highest BCUT2D eigenvalue weighted by atomic mass is 32.2. The zero-order chi connectivity index (χ0) is 29.6. The topological polar surface area (TPSA) is 119 Å². The van der Waals surface area contributed by atoms with Crippen molar-refractivity contribution in [2.45, 2.75) is 154 Å². The van der Waals surface area contributed by atoms with E-state index in [9.17, 15) is 14.2 Å². The average molecular weight is 611 g/mol. The van der Waals surface area contributed by atoms with E-state index in [1.807, 2.05) is 0 Å². The highest BCUT2D eigenvalue weighted by Crippen LogP contribution is 2.36. The van der Waals surface area contributed by atoms with Crippen LogP contribution in [0.4, 0.5) is 0 Å². The molecule has 0 aliphatic carbocycles. The predicted octanol–water partition coefficient (Wildman–Crippen LogP) is 8.52. The van der Waals surface area contributed by atoms with Crippen molar-refractivity contribution in [1.82, 2.24) is 0 Å². The molecule has 0 saturated heterocycles. The first-order chi connectivity index (χ1) is 19.4. The highest BCUT2D eigenvalue weighted by molar-refractivity contribution is 7.99. The quantitative estimate of drug-likeness (QED) is 0.0334. The number of ether oxygens (including phenoxy) is 2. The van der Waals surface area contributed by atoms with Crippen molar-refractivity contribution in [2.75, 3.05) is 24.7 Å².